The molecule has 31 heavy (non-hydrogen) atoms. The molecule has 0 spiro atoms. The molecule has 4 N–H and O–H groups in total. The standard InChI is InChI=1S/C21H33FN6O2S/c1-19(2)12-16(13-20(3,4)27(19)6)26-21(5)17(22)14-24-18(28(21)31(23,29)30)25-15-10-8-7-9-11-15/h7-11,14,16,26H,12-13H2,1-6H3,(H,24,25)(H2,23,29,30). The molecule has 1 aromatic rings. The number of aliphatic imine (C=N–C) groups is 1. The van der Waals surface area contributed by atoms with Gasteiger partial charge >= 0.3 is 10.2 Å². The lowest BCUT2D eigenvalue weighted by atomic mass is 9.77. The molecule has 0 aromatic heterocycles. The van der Waals surface area contributed by atoms with Gasteiger partial charge in [0.2, 0.25) is 5.96 Å². The quantitative estimate of drug-likeness (QED) is 0.652. The number of nitrogens with zero attached hydrogens (tertiary/aromatic N) is 3. The van der Waals surface area contributed by atoms with Crippen molar-refractivity contribution in [2.75, 3.05) is 12.4 Å². The SMILES string of the molecule is CN1C(C)(C)CC(NC2(C)C(F)=CN=C(Nc3ccccc3)N2S(N)(=O)=O)CC1(C)C. The summed E-state index contributed by atoms with van der Waals surface area (Å²) in [4.78, 5) is 6.30. The number of nitrogens with two attached hydrogens (primary N) is 1. The first-order valence-electron chi connectivity index (χ1n) is 10.3. The van der Waals surface area contributed by atoms with Crippen molar-refractivity contribution in [3.05, 3.63) is 42.4 Å². The summed E-state index contributed by atoms with van der Waals surface area (Å²) >= 11 is 0. The topological polar surface area (TPSA) is 103 Å². The lowest BCUT2D eigenvalue weighted by Crippen LogP contribution is -2.70. The van der Waals surface area contributed by atoms with Crippen LogP contribution < -0.4 is 15.8 Å². The van der Waals surface area contributed by atoms with Crippen molar-refractivity contribution in [3.63, 3.8) is 0 Å². The molecular formula is C21H33FN6O2S. The fourth-order valence-electron chi connectivity index (χ4n) is 4.71. The van der Waals surface area contributed by atoms with Gasteiger partial charge in [0.15, 0.2) is 11.5 Å². The van der Waals surface area contributed by atoms with E-state index in [4.69, 9.17) is 5.14 Å². The molecule has 0 saturated carbocycles. The van der Waals surface area contributed by atoms with Gasteiger partial charge in [-0.3, -0.25) is 10.2 Å². The molecular weight excluding hydrogens is 419 g/mol. The summed E-state index contributed by atoms with van der Waals surface area (Å²) in [5.74, 6) is -0.800. The van der Waals surface area contributed by atoms with Gasteiger partial charge in [-0.2, -0.15) is 8.42 Å². The van der Waals surface area contributed by atoms with Crippen LogP contribution in [0.5, 0.6) is 0 Å². The van der Waals surface area contributed by atoms with Crippen LogP contribution in [0.4, 0.5) is 10.1 Å². The number of hydrogen-bond acceptors (Lipinski definition) is 6. The van der Waals surface area contributed by atoms with Gasteiger partial charge in [0.05, 0.1) is 6.20 Å². The number of halogens is 1. The van der Waals surface area contributed by atoms with Gasteiger partial charge < -0.3 is 5.32 Å². The third-order valence-corrected chi connectivity index (χ3v) is 7.49. The lowest BCUT2D eigenvalue weighted by molar-refractivity contribution is -0.0263. The molecule has 0 radical (unpaired) electrons. The second-order valence-corrected chi connectivity index (χ2v) is 11.1. The number of para-hydroxylation sites is 1. The zero-order chi connectivity index (χ0) is 23.2. The average Bonchev–Trinajstić information content (AvgIpc) is 2.62. The summed E-state index contributed by atoms with van der Waals surface area (Å²) in [6.45, 7) is 9.97. The molecule has 2 aliphatic heterocycles. The van der Waals surface area contributed by atoms with E-state index in [9.17, 15) is 8.42 Å². The minimum absolute atomic E-state index is 0.0726. The Kier molecular flexibility index (Phi) is 5.98. The molecule has 0 bridgehead atoms. The summed E-state index contributed by atoms with van der Waals surface area (Å²) in [6.07, 6.45) is 2.44. The van der Waals surface area contributed by atoms with Crippen molar-refractivity contribution in [1.29, 1.82) is 0 Å². The van der Waals surface area contributed by atoms with Crippen LogP contribution >= 0.6 is 0 Å². The molecule has 1 fully saturated rings. The van der Waals surface area contributed by atoms with Crippen LogP contribution in [-0.4, -0.2) is 53.4 Å². The molecule has 172 valence electrons. The van der Waals surface area contributed by atoms with E-state index in [1.165, 1.54) is 6.92 Å². The summed E-state index contributed by atoms with van der Waals surface area (Å²) in [5.41, 5.74) is -1.46. The van der Waals surface area contributed by atoms with Gasteiger partial charge in [-0.15, -0.1) is 0 Å². The number of rotatable bonds is 4. The molecule has 0 aliphatic carbocycles. The fourth-order valence-corrected chi connectivity index (χ4v) is 5.69. The van der Waals surface area contributed by atoms with Gasteiger partial charge in [-0.05, 0) is 66.6 Å². The van der Waals surface area contributed by atoms with Crippen molar-refractivity contribution in [2.24, 2.45) is 10.1 Å². The molecule has 1 unspecified atom stereocenters. The first kappa shape index (κ1) is 23.6. The number of anilines is 1. The van der Waals surface area contributed by atoms with Crippen molar-refractivity contribution in [1.82, 2.24) is 14.5 Å². The third kappa shape index (κ3) is 4.62. The van der Waals surface area contributed by atoms with Gasteiger partial charge in [0.25, 0.3) is 0 Å². The van der Waals surface area contributed by atoms with Crippen LogP contribution in [0.25, 0.3) is 0 Å². The van der Waals surface area contributed by atoms with Crippen LogP contribution in [0.3, 0.4) is 0 Å². The molecule has 2 heterocycles. The van der Waals surface area contributed by atoms with E-state index in [0.717, 1.165) is 10.5 Å². The molecule has 1 saturated heterocycles. The van der Waals surface area contributed by atoms with E-state index >= 15 is 4.39 Å². The molecule has 0 amide bonds. The van der Waals surface area contributed by atoms with Gasteiger partial charge in [0, 0.05) is 22.8 Å². The first-order chi connectivity index (χ1) is 14.2. The smallest absolute Gasteiger partial charge is 0.303 e. The first-order valence-corrected chi connectivity index (χ1v) is 11.8. The van der Waals surface area contributed by atoms with Crippen LogP contribution in [0.2, 0.25) is 0 Å². The Morgan fingerprint density at radius 1 is 1.10 bits per heavy atom. The van der Waals surface area contributed by atoms with Crippen LogP contribution in [0.1, 0.15) is 47.5 Å². The minimum atomic E-state index is -4.37. The lowest BCUT2D eigenvalue weighted by Gasteiger charge is -2.55. The van der Waals surface area contributed by atoms with Crippen molar-refractivity contribution < 1.29 is 12.8 Å². The second-order valence-electron chi connectivity index (χ2n) is 9.74. The highest BCUT2D eigenvalue weighted by molar-refractivity contribution is 7.87. The molecule has 10 heteroatoms. The zero-order valence-electron chi connectivity index (χ0n) is 19.0. The summed E-state index contributed by atoms with van der Waals surface area (Å²) in [5, 5.41) is 11.8. The van der Waals surface area contributed by atoms with E-state index in [0.29, 0.717) is 18.5 Å². The summed E-state index contributed by atoms with van der Waals surface area (Å²) in [7, 11) is -2.29. The number of piperidine rings is 1. The van der Waals surface area contributed by atoms with E-state index in [1.807, 2.05) is 6.07 Å². The van der Waals surface area contributed by atoms with E-state index in [-0.39, 0.29) is 23.1 Å². The number of likely N-dealkylation sites (tertiary alicyclic amines) is 1. The fraction of sp³-hybridized carbons (Fsp3) is 0.571. The van der Waals surface area contributed by atoms with Crippen LogP contribution in [0.15, 0.2) is 47.4 Å². The minimum Gasteiger partial charge on any atom is -0.325 e. The Morgan fingerprint density at radius 2 is 1.65 bits per heavy atom. The zero-order valence-corrected chi connectivity index (χ0v) is 19.8. The highest BCUT2D eigenvalue weighted by atomic mass is 32.2. The monoisotopic (exact) mass is 452 g/mol. The number of nitrogens with one attached hydrogen (secondary N) is 2. The molecule has 1 atom stereocenters. The Hall–Kier alpha value is -2.01. The maximum Gasteiger partial charge on any atom is 0.303 e. The Bertz CT molecular complexity index is 974. The number of guanidine groups is 1. The molecule has 2 aliphatic rings. The van der Waals surface area contributed by atoms with Crippen LogP contribution in [0, 0.1) is 0 Å². The predicted molar refractivity (Wildman–Crippen MR) is 122 cm³/mol. The Labute approximate surface area is 184 Å². The maximum atomic E-state index is 15.2. The average molecular weight is 453 g/mol. The highest BCUT2D eigenvalue weighted by Gasteiger charge is 2.51. The van der Waals surface area contributed by atoms with E-state index in [2.05, 4.69) is 55.3 Å². The largest absolute Gasteiger partial charge is 0.325 e. The molecule has 3 rings (SSSR count). The Balaban J connectivity index is 1.97. The summed E-state index contributed by atoms with van der Waals surface area (Å²) in [6, 6.07) is 8.77. The van der Waals surface area contributed by atoms with Crippen molar-refractivity contribution in [2.45, 2.75) is 70.2 Å². The molecule has 1 aromatic carbocycles. The highest BCUT2D eigenvalue weighted by Crippen LogP contribution is 2.39. The molecule has 8 nitrogen and oxygen atoms in total. The summed E-state index contributed by atoms with van der Waals surface area (Å²) < 4.78 is 41.3. The normalized spacial score (nSPS) is 26.9. The van der Waals surface area contributed by atoms with Crippen molar-refractivity contribution in [3.8, 4) is 0 Å². The number of hydrogen-bond donors (Lipinski definition) is 3. The maximum absolute atomic E-state index is 15.2. The van der Waals surface area contributed by atoms with Crippen LogP contribution in [-0.2, 0) is 10.2 Å². The van der Waals surface area contributed by atoms with Gasteiger partial charge in [-0.1, -0.05) is 18.2 Å². The van der Waals surface area contributed by atoms with Gasteiger partial charge in [-0.25, -0.2) is 18.8 Å². The van der Waals surface area contributed by atoms with E-state index in [1.54, 1.807) is 24.3 Å². The third-order valence-electron chi connectivity index (χ3n) is 6.44. The van der Waals surface area contributed by atoms with Crippen molar-refractivity contribution >= 4 is 21.9 Å². The second kappa shape index (κ2) is 7.84. The number of benzene rings is 1. The van der Waals surface area contributed by atoms with Gasteiger partial charge in [0.1, 0.15) is 0 Å². The Morgan fingerprint density at radius 3 is 2.16 bits per heavy atom. The van der Waals surface area contributed by atoms with E-state index < -0.39 is 21.7 Å². The predicted octanol–water partition coefficient (Wildman–Crippen LogP) is 2.74.